The summed E-state index contributed by atoms with van der Waals surface area (Å²) in [7, 11) is 0. The van der Waals surface area contributed by atoms with Crippen LogP contribution in [0.5, 0.6) is 17.2 Å². The molecule has 0 radical (unpaired) electrons. The third kappa shape index (κ3) is 4.36. The van der Waals surface area contributed by atoms with E-state index in [4.69, 9.17) is 14.2 Å². The smallest absolute Gasteiger partial charge is 0.134 e. The molecule has 90 valence electrons. The molecule has 3 heteroatoms. The Balaban J connectivity index is 3.04. The Morgan fingerprint density at radius 1 is 0.667 bits per heavy atom. The van der Waals surface area contributed by atoms with E-state index in [9.17, 15) is 0 Å². The van der Waals surface area contributed by atoms with Crippen LogP contribution < -0.4 is 14.2 Å². The van der Waals surface area contributed by atoms with Gasteiger partial charge in [0.05, 0.1) is 0 Å². The molecule has 0 fully saturated rings. The van der Waals surface area contributed by atoms with Crippen molar-refractivity contribution in [3.63, 3.8) is 0 Å². The molecule has 0 N–H and O–H groups in total. The topological polar surface area (TPSA) is 27.7 Å². The Morgan fingerprint density at radius 3 is 1.17 bits per heavy atom. The first-order valence-corrected chi connectivity index (χ1v) is 4.98. The second-order valence-corrected chi connectivity index (χ2v) is 2.96. The van der Waals surface area contributed by atoms with Gasteiger partial charge in [0.2, 0.25) is 0 Å². The second kappa shape index (κ2) is 7.45. The zero-order chi connectivity index (χ0) is 13.2. The third-order valence-corrected chi connectivity index (χ3v) is 1.69. The average Bonchev–Trinajstić information content (AvgIpc) is 2.40. The Hall–Kier alpha value is -2.82. The highest BCUT2D eigenvalue weighted by Gasteiger charge is 2.02. The molecule has 0 aromatic heterocycles. The van der Waals surface area contributed by atoms with Crippen LogP contribution in [0.4, 0.5) is 0 Å². The maximum Gasteiger partial charge on any atom is 0.134 e. The van der Waals surface area contributed by atoms with Crippen LogP contribution in [-0.2, 0) is 0 Å². The molecular weight excluding hydrogens is 228 g/mol. The van der Waals surface area contributed by atoms with Gasteiger partial charge in [-0.1, -0.05) is 36.9 Å². The lowest BCUT2D eigenvalue weighted by molar-refractivity contribution is 0.439. The molecular formula is C15H12O3. The Bertz CT molecular complexity index is 460. The van der Waals surface area contributed by atoms with Gasteiger partial charge in [-0.3, -0.25) is 0 Å². The summed E-state index contributed by atoms with van der Waals surface area (Å²) in [5, 5.41) is 0. The van der Waals surface area contributed by atoms with E-state index in [1.165, 1.54) is 18.8 Å². The summed E-state index contributed by atoms with van der Waals surface area (Å²) in [5.41, 5.74) is 7.51. The minimum Gasteiger partial charge on any atom is -0.457 e. The van der Waals surface area contributed by atoms with Crippen LogP contribution in [-0.4, -0.2) is 0 Å². The third-order valence-electron chi connectivity index (χ3n) is 1.69. The van der Waals surface area contributed by atoms with E-state index in [1.54, 1.807) is 18.2 Å². The Kier molecular flexibility index (Phi) is 5.48. The van der Waals surface area contributed by atoms with Crippen LogP contribution in [0, 0.1) is 0 Å². The molecule has 0 spiro atoms. The maximum atomic E-state index is 5.24. The molecule has 0 heterocycles. The molecule has 1 aromatic carbocycles. The van der Waals surface area contributed by atoms with Gasteiger partial charge in [0, 0.05) is 18.2 Å². The Morgan fingerprint density at radius 2 is 0.944 bits per heavy atom. The fraction of sp³-hybridized carbons (Fsp3) is 0. The zero-order valence-corrected chi connectivity index (χ0v) is 9.81. The molecule has 18 heavy (non-hydrogen) atoms. The van der Waals surface area contributed by atoms with Gasteiger partial charge >= 0.3 is 0 Å². The summed E-state index contributed by atoms with van der Waals surface area (Å²) in [6.45, 7) is 10.2. The van der Waals surface area contributed by atoms with E-state index in [2.05, 4.69) is 36.9 Å². The van der Waals surface area contributed by atoms with Gasteiger partial charge in [-0.15, -0.1) is 0 Å². The molecule has 0 atom stereocenters. The van der Waals surface area contributed by atoms with E-state index < -0.39 is 0 Å². The molecule has 3 nitrogen and oxygen atoms in total. The van der Waals surface area contributed by atoms with Crippen LogP contribution >= 0.6 is 0 Å². The Labute approximate surface area is 106 Å². The molecule has 0 saturated heterocycles. The van der Waals surface area contributed by atoms with Gasteiger partial charge in [-0.25, -0.2) is 0 Å². The summed E-state index contributed by atoms with van der Waals surface area (Å²) < 4.78 is 15.7. The number of hydrogen-bond acceptors (Lipinski definition) is 3. The molecule has 0 aliphatic heterocycles. The maximum absolute atomic E-state index is 5.24. The van der Waals surface area contributed by atoms with Gasteiger partial charge in [0.25, 0.3) is 0 Å². The number of rotatable bonds is 6. The van der Waals surface area contributed by atoms with Gasteiger partial charge in [-0.05, 0) is 0 Å². The molecule has 0 bridgehead atoms. The summed E-state index contributed by atoms with van der Waals surface area (Å²) >= 11 is 0. The van der Waals surface area contributed by atoms with Crippen molar-refractivity contribution in [1.82, 2.24) is 0 Å². The van der Waals surface area contributed by atoms with E-state index >= 15 is 0 Å². The van der Waals surface area contributed by atoms with E-state index in [1.807, 2.05) is 0 Å². The first kappa shape index (κ1) is 13.2. The molecule has 1 rings (SSSR count). The van der Waals surface area contributed by atoms with Crippen molar-refractivity contribution in [3.05, 3.63) is 73.9 Å². The van der Waals surface area contributed by atoms with Crippen molar-refractivity contribution in [2.45, 2.75) is 0 Å². The first-order valence-electron chi connectivity index (χ1n) is 4.98. The fourth-order valence-electron chi connectivity index (χ4n) is 1.08. The molecule has 0 saturated carbocycles. The monoisotopic (exact) mass is 240 g/mol. The lowest BCUT2D eigenvalue weighted by Gasteiger charge is -2.06. The van der Waals surface area contributed by atoms with Crippen molar-refractivity contribution in [2.24, 2.45) is 0 Å². The van der Waals surface area contributed by atoms with Gasteiger partial charge in [-0.2, -0.15) is 0 Å². The lowest BCUT2D eigenvalue weighted by atomic mass is 10.3. The van der Waals surface area contributed by atoms with Gasteiger partial charge in [0.15, 0.2) is 0 Å². The summed E-state index contributed by atoms with van der Waals surface area (Å²) in [5.74, 6) is 1.57. The van der Waals surface area contributed by atoms with Crippen molar-refractivity contribution in [2.75, 3.05) is 0 Å². The van der Waals surface area contributed by atoms with E-state index in [-0.39, 0.29) is 0 Å². The van der Waals surface area contributed by atoms with Crippen LogP contribution in [0.15, 0.2) is 73.9 Å². The highest BCUT2D eigenvalue weighted by Crippen LogP contribution is 2.28. The van der Waals surface area contributed by atoms with E-state index in [0.717, 1.165) is 0 Å². The van der Waals surface area contributed by atoms with Crippen molar-refractivity contribution in [3.8, 4) is 17.2 Å². The van der Waals surface area contributed by atoms with Crippen LogP contribution in [0.1, 0.15) is 0 Å². The highest BCUT2D eigenvalue weighted by atomic mass is 16.5. The normalized spacial score (nSPS) is 8.00. The highest BCUT2D eigenvalue weighted by molar-refractivity contribution is 5.43. The van der Waals surface area contributed by atoms with Crippen molar-refractivity contribution >= 4 is 0 Å². The second-order valence-electron chi connectivity index (χ2n) is 2.96. The standard InChI is InChI=1S/C15H12O3/c1-4-7-16-13-10-14(17-8-5-2)12-15(11-13)18-9-6-3/h7-12H,1-3H2. The molecule has 0 aliphatic carbocycles. The number of hydrogen-bond donors (Lipinski definition) is 0. The fourth-order valence-corrected chi connectivity index (χ4v) is 1.08. The molecule has 0 aliphatic rings. The SMILES string of the molecule is C=C=COc1cc(OC=C=C)cc(OC=C=C)c1. The van der Waals surface area contributed by atoms with Crippen molar-refractivity contribution < 1.29 is 14.2 Å². The average molecular weight is 240 g/mol. The summed E-state index contributed by atoms with van der Waals surface area (Å²) in [4.78, 5) is 0. The van der Waals surface area contributed by atoms with Crippen LogP contribution in [0.2, 0.25) is 0 Å². The largest absolute Gasteiger partial charge is 0.457 e. The predicted molar refractivity (Wildman–Crippen MR) is 69.5 cm³/mol. The number of ether oxygens (including phenoxy) is 3. The minimum atomic E-state index is 0.522. The summed E-state index contributed by atoms with van der Waals surface area (Å²) in [6.07, 6.45) is 3.99. The van der Waals surface area contributed by atoms with E-state index in [0.29, 0.717) is 17.2 Å². The predicted octanol–water partition coefficient (Wildman–Crippen LogP) is 3.72. The first-order chi connectivity index (χ1) is 8.80. The molecule has 0 amide bonds. The van der Waals surface area contributed by atoms with Crippen LogP contribution in [0.3, 0.4) is 0 Å². The number of benzene rings is 1. The van der Waals surface area contributed by atoms with Gasteiger partial charge in [0.1, 0.15) is 36.0 Å². The summed E-state index contributed by atoms with van der Waals surface area (Å²) in [6, 6.07) is 5.02. The quantitative estimate of drug-likeness (QED) is 0.560. The van der Waals surface area contributed by atoms with Gasteiger partial charge < -0.3 is 14.2 Å². The van der Waals surface area contributed by atoms with Crippen LogP contribution in [0.25, 0.3) is 0 Å². The lowest BCUT2D eigenvalue weighted by Crippen LogP contribution is -1.88. The molecule has 0 unspecified atom stereocenters. The molecule has 1 aromatic rings. The van der Waals surface area contributed by atoms with Crippen molar-refractivity contribution in [1.29, 1.82) is 0 Å². The minimum absolute atomic E-state index is 0.522. The zero-order valence-electron chi connectivity index (χ0n) is 9.81.